The molecule has 0 unspecified atom stereocenters. The van der Waals surface area contributed by atoms with Crippen molar-refractivity contribution in [2.24, 2.45) is 5.41 Å². The molecule has 1 aliphatic heterocycles. The molecule has 2 heterocycles. The number of anilines is 1. The minimum Gasteiger partial charge on any atom is -0.384 e. The number of nitrogens with one attached hydrogen (secondary N) is 1. The number of aryl methyl sites for hydroxylation is 1. The van der Waals surface area contributed by atoms with E-state index < -0.39 is 0 Å². The van der Waals surface area contributed by atoms with E-state index in [9.17, 15) is 0 Å². The van der Waals surface area contributed by atoms with Crippen LogP contribution in [0.25, 0.3) is 11.3 Å². The average molecular weight is 269 g/mol. The van der Waals surface area contributed by atoms with Crippen LogP contribution in [0.1, 0.15) is 32.8 Å². The van der Waals surface area contributed by atoms with Gasteiger partial charge < -0.3 is 9.88 Å². The van der Waals surface area contributed by atoms with Crippen molar-refractivity contribution in [2.75, 3.05) is 11.9 Å². The summed E-state index contributed by atoms with van der Waals surface area (Å²) in [5, 5.41) is 3.57. The Morgan fingerprint density at radius 1 is 1.30 bits per heavy atom. The standard InChI is InChI=1S/C17H23N3/c1-17(2,3)11-20-12-18-10-15(20)14-8-4-6-13-7-5-9-19-16(13)14/h4,6,8,10,12,19H,5,7,9,11H2,1-3H3. The Labute approximate surface area is 121 Å². The van der Waals surface area contributed by atoms with Gasteiger partial charge in [0.2, 0.25) is 0 Å². The molecule has 1 aromatic carbocycles. The van der Waals surface area contributed by atoms with Crippen LogP contribution in [-0.4, -0.2) is 16.1 Å². The Kier molecular flexibility index (Phi) is 3.28. The molecule has 20 heavy (non-hydrogen) atoms. The van der Waals surface area contributed by atoms with E-state index in [0.717, 1.165) is 13.1 Å². The molecule has 0 saturated heterocycles. The summed E-state index contributed by atoms with van der Waals surface area (Å²) in [5.41, 5.74) is 5.47. The summed E-state index contributed by atoms with van der Waals surface area (Å²) >= 11 is 0. The van der Waals surface area contributed by atoms with E-state index in [-0.39, 0.29) is 5.41 Å². The molecule has 0 atom stereocenters. The highest BCUT2D eigenvalue weighted by Crippen LogP contribution is 2.34. The molecule has 3 nitrogen and oxygen atoms in total. The predicted octanol–water partition coefficient (Wildman–Crippen LogP) is 3.95. The minimum atomic E-state index is 0.248. The molecule has 0 bridgehead atoms. The van der Waals surface area contributed by atoms with Gasteiger partial charge in [-0.3, -0.25) is 0 Å². The van der Waals surface area contributed by atoms with E-state index in [0.29, 0.717) is 0 Å². The van der Waals surface area contributed by atoms with Gasteiger partial charge in [-0.2, -0.15) is 0 Å². The first kappa shape index (κ1) is 13.2. The summed E-state index contributed by atoms with van der Waals surface area (Å²) < 4.78 is 2.27. The normalized spacial score (nSPS) is 14.8. The molecule has 0 saturated carbocycles. The van der Waals surface area contributed by atoms with Gasteiger partial charge in [-0.05, 0) is 23.8 Å². The van der Waals surface area contributed by atoms with E-state index in [2.05, 4.69) is 53.8 Å². The first-order valence-electron chi connectivity index (χ1n) is 7.41. The molecule has 106 valence electrons. The average Bonchev–Trinajstić information content (AvgIpc) is 2.84. The van der Waals surface area contributed by atoms with E-state index >= 15 is 0 Å². The fraction of sp³-hybridized carbons (Fsp3) is 0.471. The maximum absolute atomic E-state index is 4.37. The van der Waals surface area contributed by atoms with Gasteiger partial charge in [0, 0.05) is 24.3 Å². The zero-order chi connectivity index (χ0) is 14.2. The lowest BCUT2D eigenvalue weighted by atomic mass is 9.95. The number of para-hydroxylation sites is 1. The van der Waals surface area contributed by atoms with Crippen LogP contribution in [0.15, 0.2) is 30.7 Å². The predicted molar refractivity (Wildman–Crippen MR) is 83.9 cm³/mol. The fourth-order valence-electron chi connectivity index (χ4n) is 2.90. The van der Waals surface area contributed by atoms with Crippen molar-refractivity contribution in [3.05, 3.63) is 36.3 Å². The summed E-state index contributed by atoms with van der Waals surface area (Å²) in [6.45, 7) is 8.82. The van der Waals surface area contributed by atoms with Crippen LogP contribution in [0.5, 0.6) is 0 Å². The first-order chi connectivity index (χ1) is 9.54. The van der Waals surface area contributed by atoms with Crippen LogP contribution in [0.4, 0.5) is 5.69 Å². The number of hydrogen-bond acceptors (Lipinski definition) is 2. The van der Waals surface area contributed by atoms with Gasteiger partial charge in [-0.15, -0.1) is 0 Å². The highest BCUT2D eigenvalue weighted by Gasteiger charge is 2.18. The molecule has 1 aromatic heterocycles. The minimum absolute atomic E-state index is 0.248. The molecule has 3 heteroatoms. The summed E-state index contributed by atoms with van der Waals surface area (Å²) in [6.07, 6.45) is 6.32. The third-order valence-corrected chi connectivity index (χ3v) is 3.71. The van der Waals surface area contributed by atoms with Crippen LogP contribution >= 0.6 is 0 Å². The van der Waals surface area contributed by atoms with Crippen molar-refractivity contribution in [1.82, 2.24) is 9.55 Å². The number of hydrogen-bond donors (Lipinski definition) is 1. The Balaban J connectivity index is 2.04. The van der Waals surface area contributed by atoms with Crippen molar-refractivity contribution >= 4 is 5.69 Å². The number of rotatable bonds is 2. The smallest absolute Gasteiger partial charge is 0.0951 e. The quantitative estimate of drug-likeness (QED) is 0.894. The molecule has 0 radical (unpaired) electrons. The van der Waals surface area contributed by atoms with Crippen LogP contribution in [0, 0.1) is 5.41 Å². The van der Waals surface area contributed by atoms with Crippen LogP contribution in [0.2, 0.25) is 0 Å². The molecule has 0 spiro atoms. The van der Waals surface area contributed by atoms with E-state index in [4.69, 9.17) is 0 Å². The van der Waals surface area contributed by atoms with Gasteiger partial charge >= 0.3 is 0 Å². The topological polar surface area (TPSA) is 29.9 Å². The van der Waals surface area contributed by atoms with Crippen molar-refractivity contribution in [3.63, 3.8) is 0 Å². The molecule has 0 fully saturated rings. The lowest BCUT2D eigenvalue weighted by Gasteiger charge is -2.24. The van der Waals surface area contributed by atoms with Crippen molar-refractivity contribution in [2.45, 2.75) is 40.2 Å². The van der Waals surface area contributed by atoms with Crippen LogP contribution in [0.3, 0.4) is 0 Å². The summed E-state index contributed by atoms with van der Waals surface area (Å²) in [6, 6.07) is 6.60. The maximum Gasteiger partial charge on any atom is 0.0951 e. The monoisotopic (exact) mass is 269 g/mol. The Morgan fingerprint density at radius 2 is 2.15 bits per heavy atom. The lowest BCUT2D eigenvalue weighted by molar-refractivity contribution is 0.345. The highest BCUT2D eigenvalue weighted by molar-refractivity contribution is 5.78. The first-order valence-corrected chi connectivity index (χ1v) is 7.41. The van der Waals surface area contributed by atoms with Crippen LogP contribution in [-0.2, 0) is 13.0 Å². The second-order valence-electron chi connectivity index (χ2n) is 6.84. The van der Waals surface area contributed by atoms with Gasteiger partial charge in [0.05, 0.1) is 18.2 Å². The molecule has 0 amide bonds. The molecule has 0 aliphatic carbocycles. The molecule has 1 aliphatic rings. The van der Waals surface area contributed by atoms with E-state index in [1.165, 1.54) is 35.3 Å². The number of nitrogens with zero attached hydrogens (tertiary/aromatic N) is 2. The van der Waals surface area contributed by atoms with Gasteiger partial charge in [0.1, 0.15) is 0 Å². The Bertz CT molecular complexity index is 605. The van der Waals surface area contributed by atoms with Crippen molar-refractivity contribution in [3.8, 4) is 11.3 Å². The van der Waals surface area contributed by atoms with Gasteiger partial charge in [0.25, 0.3) is 0 Å². The van der Waals surface area contributed by atoms with Gasteiger partial charge in [0.15, 0.2) is 0 Å². The van der Waals surface area contributed by atoms with Crippen molar-refractivity contribution < 1.29 is 0 Å². The number of fused-ring (bicyclic) bond motifs is 1. The maximum atomic E-state index is 4.37. The largest absolute Gasteiger partial charge is 0.384 e. The Hall–Kier alpha value is -1.77. The molecular formula is C17H23N3. The zero-order valence-electron chi connectivity index (χ0n) is 12.6. The second kappa shape index (κ2) is 4.97. The summed E-state index contributed by atoms with van der Waals surface area (Å²) in [4.78, 5) is 4.37. The second-order valence-corrected chi connectivity index (χ2v) is 6.84. The highest BCUT2D eigenvalue weighted by atomic mass is 15.1. The third kappa shape index (κ3) is 2.58. The molecular weight excluding hydrogens is 246 g/mol. The number of aromatic nitrogens is 2. The SMILES string of the molecule is CC(C)(C)Cn1cncc1-c1cccc2c1NCCC2. The summed E-state index contributed by atoms with van der Waals surface area (Å²) in [7, 11) is 0. The summed E-state index contributed by atoms with van der Waals surface area (Å²) in [5.74, 6) is 0. The fourth-order valence-corrected chi connectivity index (χ4v) is 2.90. The molecule has 1 N–H and O–H groups in total. The van der Waals surface area contributed by atoms with E-state index in [1.54, 1.807) is 0 Å². The molecule has 2 aromatic rings. The molecule has 3 rings (SSSR count). The van der Waals surface area contributed by atoms with Crippen LogP contribution < -0.4 is 5.32 Å². The van der Waals surface area contributed by atoms with Gasteiger partial charge in [-0.1, -0.05) is 39.0 Å². The van der Waals surface area contributed by atoms with Gasteiger partial charge in [-0.25, -0.2) is 4.98 Å². The zero-order valence-corrected chi connectivity index (χ0v) is 12.6. The number of imidazole rings is 1. The van der Waals surface area contributed by atoms with E-state index in [1.807, 2.05) is 12.5 Å². The third-order valence-electron chi connectivity index (χ3n) is 3.71. The van der Waals surface area contributed by atoms with Crippen molar-refractivity contribution in [1.29, 1.82) is 0 Å². The number of benzene rings is 1. The Morgan fingerprint density at radius 3 is 2.95 bits per heavy atom. The lowest BCUT2D eigenvalue weighted by Crippen LogP contribution is -2.17.